The van der Waals surface area contributed by atoms with Gasteiger partial charge in [-0.3, -0.25) is 0 Å². The lowest BCUT2D eigenvalue weighted by Crippen LogP contribution is -2.22. The predicted octanol–water partition coefficient (Wildman–Crippen LogP) is 22.2. The van der Waals surface area contributed by atoms with Crippen LogP contribution in [0.25, 0.3) is 67.4 Å². The fourth-order valence-corrected chi connectivity index (χ4v) is 14.1. The van der Waals surface area contributed by atoms with Gasteiger partial charge < -0.3 is 19.9 Å². The van der Waals surface area contributed by atoms with E-state index in [1.54, 1.807) is 60.7 Å². The molecule has 0 aliphatic rings. The van der Waals surface area contributed by atoms with Gasteiger partial charge in [-0.25, -0.2) is 37.4 Å². The fraction of sp³-hybridized carbons (Fsp3) is 0.467. The molecule has 6 aromatic carbocycles. The van der Waals surface area contributed by atoms with Crippen LogP contribution in [0.1, 0.15) is 267 Å². The highest BCUT2D eigenvalue weighted by molar-refractivity contribution is 5.69. The van der Waals surface area contributed by atoms with E-state index in [4.69, 9.17) is 20.4 Å². The van der Waals surface area contributed by atoms with Crippen LogP contribution in [0.15, 0.2) is 177 Å². The van der Waals surface area contributed by atoms with Crippen molar-refractivity contribution in [1.29, 1.82) is 0 Å². The fourth-order valence-electron chi connectivity index (χ4n) is 14.1. The van der Waals surface area contributed by atoms with E-state index in [9.17, 15) is 0 Å². The third kappa shape index (κ3) is 24.8. The summed E-state index contributed by atoms with van der Waals surface area (Å²) in [5, 5.41) is 19.1. The van der Waals surface area contributed by atoms with Crippen molar-refractivity contribution in [3.8, 4) is 22.7 Å². The van der Waals surface area contributed by atoms with Gasteiger partial charge in [0.25, 0.3) is 0 Å². The summed E-state index contributed by atoms with van der Waals surface area (Å²) in [7, 11) is 0. The number of H-pyrrole nitrogens is 4. The van der Waals surface area contributed by atoms with Crippen molar-refractivity contribution in [2.75, 3.05) is 0 Å². The van der Waals surface area contributed by atoms with Crippen LogP contribution in [-0.2, 0) is 25.7 Å². The van der Waals surface area contributed by atoms with Gasteiger partial charge in [-0.2, -0.15) is 0 Å². The number of nitrogens with one attached hydrogen (secondary N) is 4. The molecule has 0 aliphatic carbocycles. The number of benzene rings is 6. The van der Waals surface area contributed by atoms with Gasteiger partial charge in [0.1, 0.15) is 0 Å². The average Bonchev–Trinajstić information content (AvgIpc) is 0.795. The molecule has 16 nitrogen and oxygen atoms in total. The first-order valence-electron chi connectivity index (χ1n) is 40.6. The molecule has 6 heterocycles. The zero-order valence-electron chi connectivity index (χ0n) is 64.7. The summed E-state index contributed by atoms with van der Waals surface area (Å²) in [6.07, 6.45) is 42.9. The van der Waals surface area contributed by atoms with Crippen molar-refractivity contribution < 1.29 is 0 Å². The van der Waals surface area contributed by atoms with Gasteiger partial charge in [-0.1, -0.05) is 268 Å². The minimum absolute atomic E-state index is 0.205. The van der Waals surface area contributed by atoms with E-state index in [0.717, 1.165) is 77.0 Å². The highest BCUT2D eigenvalue weighted by Crippen LogP contribution is 2.22. The van der Waals surface area contributed by atoms with E-state index < -0.39 is 22.8 Å². The smallest absolute Gasteiger partial charge is 0.307 e. The zero-order chi connectivity index (χ0) is 74.5. The quantitative estimate of drug-likeness (QED) is 0.0272. The lowest BCUT2D eigenvalue weighted by Gasteiger charge is -2.10. The highest BCUT2D eigenvalue weighted by atomic mass is 16.2. The van der Waals surface area contributed by atoms with E-state index in [-0.39, 0.29) is 22.6 Å². The predicted molar refractivity (Wildman–Crippen MR) is 441 cm³/mol. The molecule has 0 radical (unpaired) electrons. The molecule has 564 valence electrons. The molecule has 6 aromatic heterocycles. The van der Waals surface area contributed by atoms with Crippen molar-refractivity contribution in [3.05, 3.63) is 233 Å². The topological polar surface area (TPSA) is 203 Å². The first-order valence-corrected chi connectivity index (χ1v) is 40.6. The Labute approximate surface area is 628 Å². The Morgan fingerprint density at radius 1 is 0.236 bits per heavy atom. The lowest BCUT2D eigenvalue weighted by atomic mass is 10.0. The van der Waals surface area contributed by atoms with Gasteiger partial charge in [-0.15, -0.1) is 20.4 Å². The van der Waals surface area contributed by atoms with Crippen LogP contribution in [0, 0.1) is 13.8 Å². The Morgan fingerprint density at radius 2 is 0.415 bits per heavy atom. The molecule has 8 bridgehead atoms. The number of nitrogens with zero attached hydrogens (tertiary/aromatic N) is 8. The number of aromatic amines is 4. The van der Waals surface area contributed by atoms with Crippen LogP contribution in [0.3, 0.4) is 0 Å². The standard InChI is InChI=1S/C90H120N12O4/c1-7-11-15-19-23-27-31-35-41-71-49-57-75(58-50-71)99-83-65-66-84(96-95-83)100(76-59-51-72(52-60-76)42-36-32-28-24-20-16-12-8-2)88(104)93-81-47-40-48-82(70(81)6)94-90(106)102(78-63-55-74(56-64-78)44-38-34-30-26-22-18-14-10-4)86-68-67-85(97-98-86)101(89(105)92-80-46-39-45-79(69(80)5)91-87(99)103)77-61-53-73(54-62-77)43-37-33-29-25-21-17-13-9-3/h39-40,45-68H,7-38,41-44H2,1-6H3,(H,91,103)(H,92,105)(H,93,104)(H,94,106). The SMILES string of the molecule is CCCCCCCCCCc1ccc(-n2c(=O)[nH]c3cccc([nH]c(=O)n(-c4ccc(CCCCCCCCCC)cc4)c4ccc(nn4)n(-c4ccc(CCCCCCCCCC)cc4)c(=O)[nH]c4cccc([nH]c(=O)n(-c5ccc(CCCCCCCCCC)cc5)c5ccc2nn5)c4C)c3C)cc1. The minimum atomic E-state index is -0.525. The van der Waals surface area contributed by atoms with Gasteiger partial charge in [0.15, 0.2) is 22.6 Å². The number of hydrogen-bond acceptors (Lipinski definition) is 8. The molecule has 12 rings (SSSR count). The summed E-state index contributed by atoms with van der Waals surface area (Å²) < 4.78 is 5.93. The molecule has 0 saturated carbocycles. The van der Waals surface area contributed by atoms with E-state index in [0.29, 0.717) is 55.9 Å². The van der Waals surface area contributed by atoms with Gasteiger partial charge >= 0.3 is 22.8 Å². The summed E-state index contributed by atoms with van der Waals surface area (Å²) >= 11 is 0. The maximum absolute atomic E-state index is 15.3. The van der Waals surface area contributed by atoms with Gasteiger partial charge in [0, 0.05) is 22.1 Å². The molecule has 0 amide bonds. The second-order valence-electron chi connectivity index (χ2n) is 29.1. The highest BCUT2D eigenvalue weighted by Gasteiger charge is 2.13. The van der Waals surface area contributed by atoms with Crippen LogP contribution in [0.4, 0.5) is 0 Å². The van der Waals surface area contributed by atoms with Crippen LogP contribution in [-0.4, -0.2) is 58.6 Å². The maximum Gasteiger partial charge on any atom is 0.332 e. The zero-order valence-corrected chi connectivity index (χ0v) is 64.7. The molecule has 12 aromatic rings. The van der Waals surface area contributed by atoms with Crippen LogP contribution < -0.4 is 22.8 Å². The first kappa shape index (κ1) is 80.7. The van der Waals surface area contributed by atoms with Crippen molar-refractivity contribution >= 4 is 44.7 Å². The summed E-state index contributed by atoms with van der Waals surface area (Å²) in [6, 6.07) is 49.6. The molecule has 4 N–H and O–H groups in total. The van der Waals surface area contributed by atoms with Gasteiger partial charge in [-0.05, 0) is 196 Å². The number of hydrogen-bond donors (Lipinski definition) is 4. The normalized spacial score (nSPS) is 11.3. The Kier molecular flexibility index (Phi) is 33.9. The molecule has 0 atom stereocenters. The van der Waals surface area contributed by atoms with E-state index in [1.807, 2.05) is 62.4 Å². The molecular formula is C90H120N12O4. The summed E-state index contributed by atoms with van der Waals surface area (Å²) in [6.45, 7) is 12.7. The van der Waals surface area contributed by atoms with Gasteiger partial charge in [0.2, 0.25) is 0 Å². The molecule has 106 heavy (non-hydrogen) atoms. The second-order valence-corrected chi connectivity index (χ2v) is 29.1. The van der Waals surface area contributed by atoms with E-state index >= 15 is 19.2 Å². The van der Waals surface area contributed by atoms with E-state index in [2.05, 4.69) is 96.2 Å². The number of aromatic nitrogens is 12. The van der Waals surface area contributed by atoms with Crippen molar-refractivity contribution in [2.45, 2.75) is 273 Å². The molecule has 0 spiro atoms. The van der Waals surface area contributed by atoms with E-state index in [1.165, 1.54) is 195 Å². The van der Waals surface area contributed by atoms with Gasteiger partial charge in [0.05, 0.1) is 22.7 Å². The lowest BCUT2D eigenvalue weighted by molar-refractivity contribution is 0.575. The minimum Gasteiger partial charge on any atom is -0.307 e. The van der Waals surface area contributed by atoms with Crippen molar-refractivity contribution in [2.24, 2.45) is 0 Å². The Hall–Kier alpha value is -9.44. The molecule has 0 aliphatic heterocycles. The monoisotopic (exact) mass is 1430 g/mol. The average molecular weight is 1430 g/mol. The summed E-state index contributed by atoms with van der Waals surface area (Å²) in [5.74, 6) is 0. The largest absolute Gasteiger partial charge is 0.332 e. The van der Waals surface area contributed by atoms with Crippen LogP contribution in [0.2, 0.25) is 0 Å². The third-order valence-electron chi connectivity index (χ3n) is 20.7. The summed E-state index contributed by atoms with van der Waals surface area (Å²) in [5.41, 5.74) is 8.54. The maximum atomic E-state index is 15.3. The molecule has 0 saturated heterocycles. The van der Waals surface area contributed by atoms with Crippen molar-refractivity contribution in [3.63, 3.8) is 0 Å². The Bertz CT molecular complexity index is 4100. The molecular weight excluding hydrogens is 1310 g/mol. The second kappa shape index (κ2) is 44.5. The molecule has 0 fully saturated rings. The first-order chi connectivity index (χ1) is 52.0. The third-order valence-corrected chi connectivity index (χ3v) is 20.7. The number of aryl methyl sites for hydroxylation is 6. The molecule has 0 unspecified atom stereocenters. The number of unbranched alkanes of at least 4 members (excludes halogenated alkanes) is 28. The molecule has 16 heteroatoms. The van der Waals surface area contributed by atoms with Crippen LogP contribution in [0.5, 0.6) is 0 Å². The van der Waals surface area contributed by atoms with Crippen molar-refractivity contribution in [1.82, 2.24) is 58.6 Å². The number of rotatable bonds is 40. The Balaban J connectivity index is 1.23. The summed E-state index contributed by atoms with van der Waals surface area (Å²) in [4.78, 5) is 73.9. The Morgan fingerprint density at radius 3 is 0.594 bits per heavy atom. The van der Waals surface area contributed by atoms with Crippen LogP contribution >= 0.6 is 0 Å².